The van der Waals surface area contributed by atoms with Gasteiger partial charge in [-0.2, -0.15) is 0 Å². The van der Waals surface area contributed by atoms with E-state index in [2.05, 4.69) is 0 Å². The first kappa shape index (κ1) is 11.0. The minimum atomic E-state index is 0.595. The first-order valence-corrected chi connectivity index (χ1v) is 4.95. The Kier molecular flexibility index (Phi) is 6.19. The van der Waals surface area contributed by atoms with Crippen molar-refractivity contribution in [1.29, 1.82) is 0 Å². The second-order valence-corrected chi connectivity index (χ2v) is 3.96. The maximum absolute atomic E-state index is 5.22. The van der Waals surface area contributed by atoms with Gasteiger partial charge in [0.1, 0.15) is 0 Å². The molecule has 12 heavy (non-hydrogen) atoms. The Bertz CT molecular complexity index is 185. The molecule has 0 saturated heterocycles. The molecule has 3 heteroatoms. The monoisotopic (exact) mass is 184 g/mol. The molecule has 68 valence electrons. The van der Waals surface area contributed by atoms with Gasteiger partial charge in [0.05, 0.1) is 12.5 Å². The lowest BCUT2D eigenvalue weighted by molar-refractivity contribution is 0.146. The number of rotatable bonds is 4. The molecule has 0 aromatic heterocycles. The molecule has 0 saturated carbocycles. The molecule has 0 aliphatic rings. The molecule has 0 bridgehead atoms. The third-order valence-corrected chi connectivity index (χ3v) is 1.44. The fourth-order valence-corrected chi connectivity index (χ4v) is 0.759. The third kappa shape index (κ3) is 4.79. The fourth-order valence-electron chi connectivity index (χ4n) is 0.523. The van der Waals surface area contributed by atoms with E-state index in [-0.39, 0.29) is 0 Å². The minimum absolute atomic E-state index is 0.595. The van der Waals surface area contributed by atoms with Crippen LogP contribution in [-0.4, -0.2) is 10.2 Å². The molecule has 0 unspecified atom stereocenters. The van der Waals surface area contributed by atoms with E-state index < -0.39 is 0 Å². The van der Waals surface area contributed by atoms with Crippen LogP contribution >= 0.6 is 0 Å². The smallest absolute Gasteiger partial charge is 0.282 e. The molecule has 0 atom stereocenters. The van der Waals surface area contributed by atoms with Gasteiger partial charge in [0.2, 0.25) is 0 Å². The van der Waals surface area contributed by atoms with Crippen LogP contribution in [-0.2, 0) is 9.47 Å². The van der Waals surface area contributed by atoms with Gasteiger partial charge in [0.15, 0.2) is 0 Å². The third-order valence-electron chi connectivity index (χ3n) is 1.03. The van der Waals surface area contributed by atoms with Crippen molar-refractivity contribution in [2.75, 3.05) is 0 Å². The molecule has 2 nitrogen and oxygen atoms in total. The van der Waals surface area contributed by atoms with Crippen LogP contribution < -0.4 is 0 Å². The highest BCUT2D eigenvalue weighted by molar-refractivity contribution is 6.21. The van der Waals surface area contributed by atoms with Crippen LogP contribution in [0.3, 0.4) is 0 Å². The van der Waals surface area contributed by atoms with Gasteiger partial charge in [0.25, 0.3) is 5.95 Å². The molecule has 0 aliphatic carbocycles. The molecule has 0 aromatic rings. The van der Waals surface area contributed by atoms with Gasteiger partial charge in [-0.25, -0.2) is 0 Å². The largest absolute Gasteiger partial charge is 0.435 e. The zero-order valence-electron chi connectivity index (χ0n) is 8.13. The molecule has 0 aromatic carbocycles. The summed E-state index contributed by atoms with van der Waals surface area (Å²) < 4.78 is 10.4. The maximum atomic E-state index is 5.22. The molecular formula is C9H16O2Si. The summed E-state index contributed by atoms with van der Waals surface area (Å²) in [4.78, 5) is 0. The molecule has 0 heterocycles. The van der Waals surface area contributed by atoms with Crippen molar-refractivity contribution in [2.45, 2.75) is 20.8 Å². The van der Waals surface area contributed by atoms with E-state index in [0.717, 1.165) is 15.4 Å². The van der Waals surface area contributed by atoms with E-state index in [1.807, 2.05) is 32.9 Å². The van der Waals surface area contributed by atoms with Crippen LogP contribution in [0.25, 0.3) is 0 Å². The highest BCUT2D eigenvalue weighted by Crippen LogP contribution is 2.05. The van der Waals surface area contributed by atoms with Gasteiger partial charge in [-0.3, -0.25) is 0 Å². The zero-order valence-corrected chi connectivity index (χ0v) is 10.1. The molecule has 0 amide bonds. The Labute approximate surface area is 77.0 Å². The van der Waals surface area contributed by atoms with E-state index in [0.29, 0.717) is 5.95 Å². The van der Waals surface area contributed by atoms with E-state index in [4.69, 9.17) is 9.47 Å². The topological polar surface area (TPSA) is 18.5 Å². The zero-order chi connectivity index (χ0) is 9.40. The predicted molar refractivity (Wildman–Crippen MR) is 54.4 cm³/mol. The van der Waals surface area contributed by atoms with Gasteiger partial charge < -0.3 is 9.47 Å². The van der Waals surface area contributed by atoms with Crippen LogP contribution in [0, 0.1) is 0 Å². The van der Waals surface area contributed by atoms with Gasteiger partial charge in [-0.15, -0.1) is 0 Å². The predicted octanol–water partition coefficient (Wildman–Crippen LogP) is 1.64. The Balaban J connectivity index is 4.16. The van der Waals surface area contributed by atoms with E-state index in [1.165, 1.54) is 0 Å². The highest BCUT2D eigenvalue weighted by Gasteiger charge is 1.96. The average Bonchev–Trinajstić information content (AvgIpc) is 2.04. The lowest BCUT2D eigenvalue weighted by Gasteiger charge is -2.05. The van der Waals surface area contributed by atoms with Crippen molar-refractivity contribution < 1.29 is 9.47 Å². The summed E-state index contributed by atoms with van der Waals surface area (Å²) in [6.07, 6.45) is 6.87. The van der Waals surface area contributed by atoms with Gasteiger partial charge in [-0.05, 0) is 26.0 Å². The van der Waals surface area contributed by atoms with Crippen molar-refractivity contribution >= 4 is 10.2 Å². The van der Waals surface area contributed by atoms with Crippen LogP contribution in [0.5, 0.6) is 0 Å². The maximum Gasteiger partial charge on any atom is 0.282 e. The second-order valence-electron chi connectivity index (χ2n) is 2.46. The summed E-state index contributed by atoms with van der Waals surface area (Å²) in [6.45, 7) is 5.79. The van der Waals surface area contributed by atoms with Crippen LogP contribution in [0.2, 0.25) is 0 Å². The Morgan fingerprint density at radius 3 is 1.75 bits per heavy atom. The fraction of sp³-hybridized carbons (Fsp3) is 0.333. The Hall–Kier alpha value is -0.963. The second kappa shape index (κ2) is 6.73. The Morgan fingerprint density at radius 1 is 1.08 bits per heavy atom. The van der Waals surface area contributed by atoms with Crippen molar-refractivity contribution in [2.24, 2.45) is 0 Å². The Morgan fingerprint density at radius 2 is 1.50 bits per heavy atom. The summed E-state index contributed by atoms with van der Waals surface area (Å²) >= 11 is 0. The van der Waals surface area contributed by atoms with Gasteiger partial charge in [-0.1, -0.05) is 12.2 Å². The number of ether oxygens (including phenoxy) is 2. The van der Waals surface area contributed by atoms with Gasteiger partial charge in [0, 0.05) is 10.2 Å². The van der Waals surface area contributed by atoms with Crippen molar-refractivity contribution in [3.05, 3.63) is 35.8 Å². The van der Waals surface area contributed by atoms with Crippen LogP contribution in [0.1, 0.15) is 20.8 Å². The van der Waals surface area contributed by atoms with E-state index >= 15 is 0 Å². The first-order chi connectivity index (χ1) is 5.72. The van der Waals surface area contributed by atoms with E-state index in [9.17, 15) is 0 Å². The molecule has 0 fully saturated rings. The number of allylic oxidation sites excluding steroid dienone is 3. The average molecular weight is 184 g/mol. The standard InChI is InChI=1S/C9H16O2Si/c1-4-6-10-9(8(3)12)11-7-5-2/h4-7H,1-3,12H3. The number of hydrogen-bond donors (Lipinski definition) is 0. The quantitative estimate of drug-likeness (QED) is 0.488. The van der Waals surface area contributed by atoms with E-state index in [1.54, 1.807) is 12.5 Å². The molecule has 0 radical (unpaired) electrons. The molecular weight excluding hydrogens is 168 g/mol. The molecule has 0 N–H and O–H groups in total. The summed E-state index contributed by atoms with van der Waals surface area (Å²) in [7, 11) is 0.948. The molecule has 0 spiro atoms. The summed E-state index contributed by atoms with van der Waals surface area (Å²) in [5.74, 6) is 0.595. The SMILES string of the molecule is CC=COC(OC=CC)=C(C)[SiH3]. The summed E-state index contributed by atoms with van der Waals surface area (Å²) in [5, 5.41) is 1.14. The van der Waals surface area contributed by atoms with Crippen LogP contribution in [0.15, 0.2) is 35.8 Å². The lowest BCUT2D eigenvalue weighted by Crippen LogP contribution is -1.92. The number of hydrogen-bond acceptors (Lipinski definition) is 2. The first-order valence-electron chi connectivity index (χ1n) is 3.95. The normalized spacial score (nSPS) is 10.9. The lowest BCUT2D eigenvalue weighted by atomic mass is 10.6. The molecule has 0 rings (SSSR count). The van der Waals surface area contributed by atoms with Crippen LogP contribution in [0.4, 0.5) is 0 Å². The summed E-state index contributed by atoms with van der Waals surface area (Å²) in [6, 6.07) is 0. The minimum Gasteiger partial charge on any atom is -0.435 e. The van der Waals surface area contributed by atoms with Crippen molar-refractivity contribution in [3.63, 3.8) is 0 Å². The summed E-state index contributed by atoms with van der Waals surface area (Å²) in [5.41, 5.74) is 0. The highest BCUT2D eigenvalue weighted by atomic mass is 28.1. The van der Waals surface area contributed by atoms with Crippen molar-refractivity contribution in [3.8, 4) is 0 Å². The van der Waals surface area contributed by atoms with Crippen molar-refractivity contribution in [1.82, 2.24) is 0 Å². The molecule has 0 aliphatic heterocycles. The van der Waals surface area contributed by atoms with Gasteiger partial charge >= 0.3 is 0 Å².